The van der Waals surface area contributed by atoms with Gasteiger partial charge >= 0.3 is 0 Å². The van der Waals surface area contributed by atoms with Crippen molar-refractivity contribution in [1.29, 1.82) is 0 Å². The molecule has 2 heterocycles. The number of nitrogens with one attached hydrogen (secondary N) is 4. The highest BCUT2D eigenvalue weighted by Crippen LogP contribution is 2.28. The predicted molar refractivity (Wildman–Crippen MR) is 145 cm³/mol. The Morgan fingerprint density at radius 1 is 1.11 bits per heavy atom. The highest BCUT2D eigenvalue weighted by molar-refractivity contribution is 5.91. The van der Waals surface area contributed by atoms with E-state index in [1.807, 2.05) is 32.0 Å². The van der Waals surface area contributed by atoms with Crippen LogP contribution in [0.15, 0.2) is 48.7 Å². The van der Waals surface area contributed by atoms with Gasteiger partial charge in [0.2, 0.25) is 5.91 Å². The zero-order valence-electron chi connectivity index (χ0n) is 22.2. The smallest absolute Gasteiger partial charge is 0.275 e. The second kappa shape index (κ2) is 12.5. The van der Waals surface area contributed by atoms with Crippen LogP contribution in [0.4, 0.5) is 4.39 Å². The molecule has 4 aromatic rings. The second-order valence-corrected chi connectivity index (χ2v) is 9.65. The third-order valence-corrected chi connectivity index (χ3v) is 7.00. The zero-order chi connectivity index (χ0) is 27.1. The van der Waals surface area contributed by atoms with Gasteiger partial charge in [0.05, 0.1) is 19.1 Å². The van der Waals surface area contributed by atoms with Gasteiger partial charge in [0, 0.05) is 29.4 Å². The summed E-state index contributed by atoms with van der Waals surface area (Å²) >= 11 is 0. The van der Waals surface area contributed by atoms with Crippen molar-refractivity contribution in [2.75, 3.05) is 7.11 Å². The maximum Gasteiger partial charge on any atom is 0.275 e. The normalized spacial score (nSPS) is 12.0. The number of imidazole rings is 1. The Balaban J connectivity index is 1.51. The lowest BCUT2D eigenvalue weighted by atomic mass is 10.0. The van der Waals surface area contributed by atoms with Crippen molar-refractivity contribution in [3.8, 4) is 17.0 Å². The van der Waals surface area contributed by atoms with Crippen molar-refractivity contribution in [2.45, 2.75) is 64.8 Å². The number of hydrogen-bond donors (Lipinski definition) is 3. The molecule has 7 nitrogen and oxygen atoms in total. The molecular formula is C30H36FN4O3+. The van der Waals surface area contributed by atoms with Gasteiger partial charge in [-0.1, -0.05) is 31.9 Å². The number of halogens is 1. The van der Waals surface area contributed by atoms with Gasteiger partial charge in [-0.2, -0.15) is 0 Å². The summed E-state index contributed by atoms with van der Waals surface area (Å²) in [5.74, 6) is 1.28. The van der Waals surface area contributed by atoms with Gasteiger partial charge < -0.3 is 15.0 Å². The molecule has 0 aliphatic carbocycles. The lowest BCUT2D eigenvalue weighted by Crippen LogP contribution is -2.33. The van der Waals surface area contributed by atoms with Crippen LogP contribution >= 0.6 is 0 Å². The molecule has 2 aromatic carbocycles. The van der Waals surface area contributed by atoms with E-state index in [9.17, 15) is 14.0 Å². The van der Waals surface area contributed by atoms with Crippen LogP contribution in [0, 0.1) is 12.7 Å². The van der Waals surface area contributed by atoms with Gasteiger partial charge in [-0.25, -0.2) is 14.4 Å². The largest absolute Gasteiger partial charge is 0.497 e. The quantitative estimate of drug-likeness (QED) is 0.196. The highest BCUT2D eigenvalue weighted by atomic mass is 19.1. The molecule has 0 aliphatic heterocycles. The summed E-state index contributed by atoms with van der Waals surface area (Å²) in [6.07, 6.45) is 6.33. The number of unbranched alkanes of at least 4 members (excludes halogenated alkanes) is 2. The maximum atomic E-state index is 14.4. The van der Waals surface area contributed by atoms with E-state index in [0.29, 0.717) is 36.3 Å². The molecule has 0 spiro atoms. The Labute approximate surface area is 222 Å². The maximum absolute atomic E-state index is 14.4. The molecule has 1 amide bonds. The molecule has 0 fully saturated rings. The lowest BCUT2D eigenvalue weighted by Gasteiger charge is -2.14. The monoisotopic (exact) mass is 519 g/mol. The Kier molecular flexibility index (Phi) is 8.94. The number of aromatic amines is 3. The minimum atomic E-state index is -0.319. The molecule has 200 valence electrons. The molecule has 38 heavy (non-hydrogen) atoms. The van der Waals surface area contributed by atoms with E-state index in [0.717, 1.165) is 47.2 Å². The van der Waals surface area contributed by atoms with Gasteiger partial charge in [-0.05, 0) is 55.7 Å². The standard InChI is InChI=1S/C30H35FN4O3/c1-4-20(36)10-6-5-7-13-27(30-32-18-28(35-30)22-11-8-9-12-25(22)31)34-29(37)17-23-19(2)33-26-15-14-21(38-3)16-24(23)26/h8-9,11-12,14-16,18,27,33H,4-7,10,13,17H2,1-3H3,(H,32,35)(H,34,37)/p+1/t27-/m0/s1. The number of carbonyl (C=O) groups is 2. The molecule has 4 rings (SSSR count). The SMILES string of the molecule is CCC(=O)CCCCC[C@H](NC(=O)Cc1c(C)[nH]c2ccc(OC)cc12)c1[nH]c(-c2ccccc2F)c[nH+]1. The first-order valence-electron chi connectivity index (χ1n) is 13.2. The summed E-state index contributed by atoms with van der Waals surface area (Å²) in [4.78, 5) is 34.8. The number of ketones is 1. The van der Waals surface area contributed by atoms with Crippen molar-refractivity contribution in [3.05, 3.63) is 71.6 Å². The molecule has 0 aliphatic rings. The van der Waals surface area contributed by atoms with Gasteiger partial charge in [-0.15, -0.1) is 0 Å². The summed E-state index contributed by atoms with van der Waals surface area (Å²) in [6.45, 7) is 3.84. The van der Waals surface area contributed by atoms with Crippen LogP contribution in [0.3, 0.4) is 0 Å². The third kappa shape index (κ3) is 6.49. The third-order valence-electron chi connectivity index (χ3n) is 7.00. The number of carbonyl (C=O) groups excluding carboxylic acids is 2. The molecular weight excluding hydrogens is 483 g/mol. The van der Waals surface area contributed by atoms with Gasteiger partial charge in [0.25, 0.3) is 5.82 Å². The average Bonchev–Trinajstić information content (AvgIpc) is 3.52. The highest BCUT2D eigenvalue weighted by Gasteiger charge is 2.25. The average molecular weight is 520 g/mol. The van der Waals surface area contributed by atoms with E-state index in [1.165, 1.54) is 6.07 Å². The summed E-state index contributed by atoms with van der Waals surface area (Å²) in [5, 5.41) is 4.14. The number of aromatic nitrogens is 3. The second-order valence-electron chi connectivity index (χ2n) is 9.65. The molecule has 1 atom stereocenters. The number of Topliss-reactive ketones (excluding diaryl/α,β-unsaturated/α-hetero) is 1. The number of H-pyrrole nitrogens is 3. The Hall–Kier alpha value is -3.94. The van der Waals surface area contributed by atoms with Gasteiger partial charge in [-0.3, -0.25) is 9.59 Å². The number of benzene rings is 2. The zero-order valence-corrected chi connectivity index (χ0v) is 22.2. The molecule has 0 radical (unpaired) electrons. The van der Waals surface area contributed by atoms with E-state index in [4.69, 9.17) is 4.74 Å². The number of methoxy groups -OCH3 is 1. The number of ether oxygens (including phenoxy) is 1. The van der Waals surface area contributed by atoms with Crippen molar-refractivity contribution in [2.24, 2.45) is 0 Å². The first-order valence-corrected chi connectivity index (χ1v) is 13.2. The van der Waals surface area contributed by atoms with Crippen molar-refractivity contribution >= 4 is 22.6 Å². The van der Waals surface area contributed by atoms with E-state index >= 15 is 0 Å². The van der Waals surface area contributed by atoms with Crippen LogP contribution in [-0.2, 0) is 16.0 Å². The first-order chi connectivity index (χ1) is 18.4. The van der Waals surface area contributed by atoms with E-state index in [1.54, 1.807) is 31.5 Å². The number of rotatable bonds is 13. The minimum Gasteiger partial charge on any atom is -0.497 e. The van der Waals surface area contributed by atoms with Crippen LogP contribution in [-0.4, -0.2) is 28.8 Å². The van der Waals surface area contributed by atoms with E-state index in [2.05, 4.69) is 20.3 Å². The Morgan fingerprint density at radius 3 is 2.68 bits per heavy atom. The summed E-state index contributed by atoms with van der Waals surface area (Å²) in [7, 11) is 1.62. The van der Waals surface area contributed by atoms with Crippen molar-refractivity contribution < 1.29 is 23.7 Å². The number of hydrogen-bond acceptors (Lipinski definition) is 3. The first kappa shape index (κ1) is 27.1. The van der Waals surface area contributed by atoms with Crippen LogP contribution in [0.5, 0.6) is 5.75 Å². The van der Waals surface area contributed by atoms with Gasteiger partial charge in [0.1, 0.15) is 29.6 Å². The summed E-state index contributed by atoms with van der Waals surface area (Å²) < 4.78 is 19.7. The van der Waals surface area contributed by atoms with Crippen LogP contribution in [0.25, 0.3) is 22.2 Å². The van der Waals surface area contributed by atoms with E-state index in [-0.39, 0.29) is 30.0 Å². The van der Waals surface area contributed by atoms with Crippen LogP contribution < -0.4 is 15.0 Å². The molecule has 0 saturated carbocycles. The van der Waals surface area contributed by atoms with Gasteiger partial charge in [0.15, 0.2) is 5.69 Å². The number of amides is 1. The Bertz CT molecular complexity index is 1410. The molecule has 0 bridgehead atoms. The topological polar surface area (TPSA) is 101 Å². The molecule has 0 saturated heterocycles. The summed E-state index contributed by atoms with van der Waals surface area (Å²) in [5.41, 5.74) is 3.90. The molecule has 8 heteroatoms. The van der Waals surface area contributed by atoms with Crippen molar-refractivity contribution in [3.63, 3.8) is 0 Å². The fraction of sp³-hybridized carbons (Fsp3) is 0.367. The van der Waals surface area contributed by atoms with E-state index < -0.39 is 0 Å². The van der Waals surface area contributed by atoms with Crippen molar-refractivity contribution in [1.82, 2.24) is 15.3 Å². The predicted octanol–water partition coefficient (Wildman–Crippen LogP) is 5.76. The summed E-state index contributed by atoms with van der Waals surface area (Å²) in [6, 6.07) is 12.0. The Morgan fingerprint density at radius 2 is 1.92 bits per heavy atom. The molecule has 2 aromatic heterocycles. The fourth-order valence-corrected chi connectivity index (χ4v) is 4.81. The molecule has 4 N–H and O–H groups in total. The number of aryl methyl sites for hydroxylation is 1. The van der Waals surface area contributed by atoms with Crippen LogP contribution in [0.1, 0.15) is 68.6 Å². The number of fused-ring (bicyclic) bond motifs is 1. The van der Waals surface area contributed by atoms with Crippen LogP contribution in [0.2, 0.25) is 0 Å². The molecule has 0 unspecified atom stereocenters. The minimum absolute atomic E-state index is 0.113. The lowest BCUT2D eigenvalue weighted by molar-refractivity contribution is -0.391. The fourth-order valence-electron chi connectivity index (χ4n) is 4.81.